The molecule has 6 aromatic heterocycles. The Morgan fingerprint density at radius 2 is 1.01 bits per heavy atom. The number of rotatable bonds is 10. The van der Waals surface area contributed by atoms with Gasteiger partial charge in [0.2, 0.25) is 19.6 Å². The van der Waals surface area contributed by atoms with Crippen LogP contribution in [0.2, 0.25) is 0 Å². The van der Waals surface area contributed by atoms with Crippen LogP contribution < -0.4 is 24.8 Å². The minimum absolute atomic E-state index is 0.109. The molecule has 30 heteroatoms. The SMILES string of the molecule is CP1(=O)CP(=O)(OCP)OC[C@H]2O[C@@H](C(On3nnc4ccccc43)[C@H]2On2nnc3ccccc32)n2cnc3c(=N)n(ccc32)[C@H]2O[C@@H](CO1)C(On1nnc3ccccc31)C2On1nnc2ccccc21. The third-order valence-corrected chi connectivity index (χ3v) is 18.3. The van der Waals surface area contributed by atoms with Crippen LogP contribution in [0.5, 0.6) is 0 Å². The highest BCUT2D eigenvalue weighted by atomic mass is 31.2. The van der Waals surface area contributed by atoms with Gasteiger partial charge in [0, 0.05) is 12.9 Å². The number of nitrogens with zero attached hydrogens (tertiary/aromatic N) is 15. The van der Waals surface area contributed by atoms with Crippen LogP contribution in [-0.4, -0.2) is 144 Å². The smallest absolute Gasteiger partial charge is 0.340 e. The predicted octanol–water partition coefficient (Wildman–Crippen LogP) is 3.03. The summed E-state index contributed by atoms with van der Waals surface area (Å²) in [5.74, 6) is -0.663. The van der Waals surface area contributed by atoms with Crippen molar-refractivity contribution >= 4 is 79.4 Å². The molecule has 11 atom stereocenters. The van der Waals surface area contributed by atoms with Crippen LogP contribution in [0.4, 0.5) is 0 Å². The van der Waals surface area contributed by atoms with Gasteiger partial charge in [-0.1, -0.05) is 67.9 Å². The summed E-state index contributed by atoms with van der Waals surface area (Å²) in [4.78, 5) is 36.5. The third-order valence-electron chi connectivity index (χ3n) is 12.6. The van der Waals surface area contributed by atoms with Crippen LogP contribution in [0.25, 0.3) is 55.2 Å². The van der Waals surface area contributed by atoms with E-state index in [0.717, 1.165) is 0 Å². The fourth-order valence-corrected chi connectivity index (χ4v) is 14.6. The van der Waals surface area contributed by atoms with Crippen molar-refractivity contribution in [3.05, 3.63) is 121 Å². The molecule has 374 valence electrons. The van der Waals surface area contributed by atoms with Gasteiger partial charge in [-0.2, -0.15) is 0 Å². The van der Waals surface area contributed by atoms with E-state index in [1.54, 1.807) is 65.4 Å². The Morgan fingerprint density at radius 3 is 1.48 bits per heavy atom. The van der Waals surface area contributed by atoms with Gasteiger partial charge in [-0.15, -0.1) is 29.6 Å². The number of hydrogen-bond acceptors (Lipinski definition) is 21. The van der Waals surface area contributed by atoms with Crippen LogP contribution in [-0.2, 0) is 32.2 Å². The lowest BCUT2D eigenvalue weighted by molar-refractivity contribution is -0.0986. The summed E-state index contributed by atoms with van der Waals surface area (Å²) in [6.45, 7) is 0.470. The van der Waals surface area contributed by atoms with Gasteiger partial charge in [-0.05, 0) is 75.5 Å². The molecule has 8 bridgehead atoms. The molecule has 1 N–H and O–H groups in total. The molecular formula is C43H41N16O11P3. The number of hydrogen-bond donors (Lipinski definition) is 1. The molecule has 27 nitrogen and oxygen atoms in total. The first kappa shape index (κ1) is 45.6. The number of aromatic nitrogens is 15. The van der Waals surface area contributed by atoms with E-state index in [9.17, 15) is 14.5 Å². The highest BCUT2D eigenvalue weighted by Crippen LogP contribution is 2.62. The molecule has 10 aromatic rings. The van der Waals surface area contributed by atoms with Crippen LogP contribution in [0.15, 0.2) is 116 Å². The number of fused-ring (bicyclic) bond motifs is 11. The fraction of sp³-hybridized carbons (Fsp3) is 0.302. The molecule has 14 rings (SSSR count). The fourth-order valence-electron chi connectivity index (χ4n) is 9.26. The molecule has 73 heavy (non-hydrogen) atoms. The van der Waals surface area contributed by atoms with E-state index >= 15 is 0 Å². The molecule has 0 saturated carbocycles. The Labute approximate surface area is 412 Å². The first-order valence-corrected chi connectivity index (χ1v) is 27.5. The van der Waals surface area contributed by atoms with E-state index in [2.05, 4.69) is 50.5 Å². The number of ether oxygens (including phenoxy) is 2. The average Bonchev–Trinajstić information content (AvgIpc) is 4.28. The summed E-state index contributed by atoms with van der Waals surface area (Å²) < 4.78 is 64.8. The summed E-state index contributed by atoms with van der Waals surface area (Å²) in [6.07, 6.45) is -6.17. The lowest BCUT2D eigenvalue weighted by atomic mass is 10.1. The van der Waals surface area contributed by atoms with Gasteiger partial charge in [-0.25, -0.2) is 4.98 Å². The molecule has 4 aromatic carbocycles. The number of nitrogens with one attached hydrogen (secondary N) is 1. The Balaban J connectivity index is 0.964. The first-order chi connectivity index (χ1) is 35.6. The van der Waals surface area contributed by atoms with Crippen molar-refractivity contribution in [3.8, 4) is 0 Å². The second-order valence-electron chi connectivity index (χ2n) is 17.3. The zero-order valence-electron chi connectivity index (χ0n) is 38.1. The molecule has 0 radical (unpaired) electrons. The molecule has 0 amide bonds. The van der Waals surface area contributed by atoms with E-state index in [0.29, 0.717) is 49.7 Å². The largest absolute Gasteiger partial charge is 0.384 e. The summed E-state index contributed by atoms with van der Waals surface area (Å²) in [6, 6.07) is 30.5. The molecule has 2 saturated heterocycles. The highest BCUT2D eigenvalue weighted by molar-refractivity contribution is 7.73. The van der Waals surface area contributed by atoms with Crippen LogP contribution in [0.1, 0.15) is 12.5 Å². The lowest BCUT2D eigenvalue weighted by Crippen LogP contribution is -2.48. The average molecular weight is 1050 g/mol. The summed E-state index contributed by atoms with van der Waals surface area (Å²) in [5.41, 5.74) is 4.80. The van der Waals surface area contributed by atoms with E-state index in [4.69, 9.17) is 47.4 Å². The molecule has 2 fully saturated rings. The lowest BCUT2D eigenvalue weighted by Gasteiger charge is -2.27. The minimum Gasteiger partial charge on any atom is -0.384 e. The Hall–Kier alpha value is -7.21. The van der Waals surface area contributed by atoms with Crippen LogP contribution in [0, 0.1) is 5.41 Å². The van der Waals surface area contributed by atoms with Gasteiger partial charge < -0.3 is 47.0 Å². The molecule has 4 aliphatic heterocycles. The molecule has 4 aliphatic rings. The van der Waals surface area contributed by atoms with Crippen molar-refractivity contribution in [2.45, 2.75) is 49.1 Å². The van der Waals surface area contributed by atoms with Crippen molar-refractivity contribution in [2.75, 3.05) is 32.1 Å². The van der Waals surface area contributed by atoms with E-state index in [1.165, 1.54) is 36.9 Å². The Morgan fingerprint density at radius 1 is 0.589 bits per heavy atom. The zero-order valence-corrected chi connectivity index (χ0v) is 41.0. The van der Waals surface area contributed by atoms with Crippen molar-refractivity contribution in [3.63, 3.8) is 0 Å². The van der Waals surface area contributed by atoms with Crippen molar-refractivity contribution in [1.82, 2.24) is 74.7 Å². The van der Waals surface area contributed by atoms with Gasteiger partial charge in [0.1, 0.15) is 67.8 Å². The number of benzene rings is 4. The second kappa shape index (κ2) is 18.1. The maximum absolute atomic E-state index is 14.9. The number of para-hydroxylation sites is 4. The van der Waals surface area contributed by atoms with Gasteiger partial charge >= 0.3 is 7.60 Å². The zero-order chi connectivity index (χ0) is 49.4. The molecule has 10 heterocycles. The first-order valence-electron chi connectivity index (χ1n) is 22.7. The minimum atomic E-state index is -4.32. The standard InChI is InChI=1S/C43H41N16O11P3/c1-72(60)24-73(61,64-23-71)63-21-35-38(68-57-30-15-7-3-11-26(30)47-51-57)40(70-59-32-17-9-5-13-28(32)49-53-59)43(66-35)55-22-45-36-33(55)18-19-54(41(36)44)42-39(69-58-31-16-8-4-12-27(31)48-52-58)37(34(65-42)20-62-72)67-56-29-14-6-2-10-25(29)46-50-56/h2-19,22,34-35,37-40,42-44H,20-21,23-24,71H2,1H3/t34-,35+,37?,38-,39?,40?,42-,43-,72?,73?/m0/s1. The van der Waals surface area contributed by atoms with Crippen molar-refractivity contribution in [1.29, 1.82) is 5.41 Å². The predicted molar refractivity (Wildman–Crippen MR) is 257 cm³/mol. The quantitative estimate of drug-likeness (QED) is 0.193. The van der Waals surface area contributed by atoms with Gasteiger partial charge in [0.05, 0.1) is 31.4 Å². The Bertz CT molecular complexity index is 3860. The maximum atomic E-state index is 14.9. The maximum Gasteiger partial charge on any atom is 0.340 e. The van der Waals surface area contributed by atoms with E-state index in [-0.39, 0.29) is 17.4 Å². The number of imidazole rings is 1. The third kappa shape index (κ3) is 8.17. The molecule has 0 aliphatic carbocycles. The monoisotopic (exact) mass is 1050 g/mol. The van der Waals surface area contributed by atoms with Gasteiger partial charge in [-0.3, -0.25) is 19.1 Å². The topological polar surface area (TPSA) is 287 Å². The molecule has 6 unspecified atom stereocenters. The van der Waals surface area contributed by atoms with E-state index in [1.807, 2.05) is 48.5 Å². The Kier molecular flexibility index (Phi) is 11.3. The molecule has 0 spiro atoms. The number of pyridine rings is 1. The van der Waals surface area contributed by atoms with Gasteiger partial charge in [0.25, 0.3) is 0 Å². The van der Waals surface area contributed by atoms with Crippen molar-refractivity contribution in [2.24, 2.45) is 0 Å². The van der Waals surface area contributed by atoms with Crippen molar-refractivity contribution < 1.29 is 51.5 Å². The summed E-state index contributed by atoms with van der Waals surface area (Å²) >= 11 is 0. The summed E-state index contributed by atoms with van der Waals surface area (Å²) in [5, 5.41) is 44.1. The van der Waals surface area contributed by atoms with Crippen LogP contribution >= 0.6 is 24.2 Å². The summed E-state index contributed by atoms with van der Waals surface area (Å²) in [7, 11) is -5.92. The molecular weight excluding hydrogens is 1010 g/mol. The van der Waals surface area contributed by atoms with Gasteiger partial charge in [0.15, 0.2) is 30.2 Å². The normalized spacial score (nSPS) is 27.6. The van der Waals surface area contributed by atoms with Crippen LogP contribution in [0.3, 0.4) is 0 Å². The highest BCUT2D eigenvalue weighted by Gasteiger charge is 2.55. The van der Waals surface area contributed by atoms with E-state index < -0.39 is 83.2 Å². The second-order valence-corrected chi connectivity index (χ2v) is 22.8.